The highest BCUT2D eigenvalue weighted by atomic mass is 16.1. The molecule has 17 heavy (non-hydrogen) atoms. The van der Waals surface area contributed by atoms with Gasteiger partial charge in [0.15, 0.2) is 0 Å². The minimum atomic E-state index is -0.0849. The molecule has 0 aromatic heterocycles. The van der Waals surface area contributed by atoms with Gasteiger partial charge in [0, 0.05) is 18.5 Å². The van der Waals surface area contributed by atoms with Crippen LogP contribution in [-0.4, -0.2) is 18.0 Å². The first-order valence-electron chi connectivity index (χ1n) is 6.71. The van der Waals surface area contributed by atoms with Crippen molar-refractivity contribution in [2.45, 2.75) is 72.9 Å². The van der Waals surface area contributed by atoms with Crippen molar-refractivity contribution in [3.8, 4) is 0 Å². The average Bonchev–Trinajstić information content (AvgIpc) is 2.15. The molecule has 0 aromatic rings. The minimum Gasteiger partial charge on any atom is -0.354 e. The van der Waals surface area contributed by atoms with Crippen LogP contribution in [0.25, 0.3) is 0 Å². The van der Waals surface area contributed by atoms with Gasteiger partial charge in [-0.05, 0) is 24.7 Å². The van der Waals surface area contributed by atoms with Gasteiger partial charge in [0.05, 0.1) is 0 Å². The van der Waals surface area contributed by atoms with Crippen LogP contribution in [0.4, 0.5) is 0 Å². The van der Waals surface area contributed by atoms with E-state index >= 15 is 0 Å². The lowest BCUT2D eigenvalue weighted by molar-refractivity contribution is -0.122. The molecular formula is C14H30N2O. The van der Waals surface area contributed by atoms with E-state index in [0.717, 1.165) is 12.8 Å². The fraction of sp³-hybridized carbons (Fsp3) is 0.929. The molecule has 0 aliphatic carbocycles. The number of nitrogens with one attached hydrogen (secondary N) is 1. The lowest BCUT2D eigenvalue weighted by Crippen LogP contribution is -2.42. The maximum Gasteiger partial charge on any atom is 0.221 e. The van der Waals surface area contributed by atoms with Crippen molar-refractivity contribution < 1.29 is 4.79 Å². The fourth-order valence-electron chi connectivity index (χ4n) is 1.67. The zero-order valence-electron chi connectivity index (χ0n) is 12.3. The molecule has 0 saturated heterocycles. The van der Waals surface area contributed by atoms with Gasteiger partial charge in [0.1, 0.15) is 0 Å². The highest BCUT2D eigenvalue weighted by molar-refractivity contribution is 5.76. The molecule has 0 aromatic carbocycles. The highest BCUT2D eigenvalue weighted by Crippen LogP contribution is 2.19. The van der Waals surface area contributed by atoms with Crippen LogP contribution in [0.15, 0.2) is 0 Å². The Morgan fingerprint density at radius 1 is 1.29 bits per heavy atom. The molecule has 0 fully saturated rings. The maximum absolute atomic E-state index is 11.8. The molecule has 3 heteroatoms. The van der Waals surface area contributed by atoms with Gasteiger partial charge < -0.3 is 11.1 Å². The minimum absolute atomic E-state index is 0.0166. The van der Waals surface area contributed by atoms with E-state index in [1.165, 1.54) is 0 Å². The Labute approximate surface area is 107 Å². The van der Waals surface area contributed by atoms with Crippen LogP contribution in [0.3, 0.4) is 0 Å². The number of hydrogen-bond acceptors (Lipinski definition) is 2. The van der Waals surface area contributed by atoms with Gasteiger partial charge in [-0.15, -0.1) is 0 Å². The van der Waals surface area contributed by atoms with E-state index in [2.05, 4.69) is 46.9 Å². The van der Waals surface area contributed by atoms with Crippen LogP contribution in [0.5, 0.6) is 0 Å². The van der Waals surface area contributed by atoms with E-state index in [1.807, 2.05) is 0 Å². The van der Waals surface area contributed by atoms with Crippen LogP contribution in [0, 0.1) is 11.3 Å². The molecule has 0 bridgehead atoms. The quantitative estimate of drug-likeness (QED) is 0.752. The van der Waals surface area contributed by atoms with Gasteiger partial charge >= 0.3 is 0 Å². The zero-order chi connectivity index (χ0) is 13.6. The van der Waals surface area contributed by atoms with Crippen molar-refractivity contribution in [2.24, 2.45) is 17.1 Å². The first kappa shape index (κ1) is 16.4. The van der Waals surface area contributed by atoms with Crippen LogP contribution < -0.4 is 11.1 Å². The SMILES string of the molecule is CCC(C)CC(C)NC(=O)CC(N)C(C)(C)C. The summed E-state index contributed by atoms with van der Waals surface area (Å²) in [5, 5.41) is 3.03. The van der Waals surface area contributed by atoms with Crippen LogP contribution in [0.2, 0.25) is 0 Å². The highest BCUT2D eigenvalue weighted by Gasteiger charge is 2.23. The predicted molar refractivity (Wildman–Crippen MR) is 73.7 cm³/mol. The summed E-state index contributed by atoms with van der Waals surface area (Å²) in [7, 11) is 0. The zero-order valence-corrected chi connectivity index (χ0v) is 12.3. The van der Waals surface area contributed by atoms with Crippen molar-refractivity contribution >= 4 is 5.91 Å². The Bertz CT molecular complexity index is 233. The van der Waals surface area contributed by atoms with Crippen molar-refractivity contribution in [1.29, 1.82) is 0 Å². The Hall–Kier alpha value is -0.570. The number of hydrogen-bond donors (Lipinski definition) is 2. The Morgan fingerprint density at radius 2 is 1.82 bits per heavy atom. The van der Waals surface area contributed by atoms with E-state index in [0.29, 0.717) is 12.3 Å². The lowest BCUT2D eigenvalue weighted by atomic mass is 9.85. The smallest absolute Gasteiger partial charge is 0.221 e. The number of nitrogens with two attached hydrogens (primary N) is 1. The summed E-state index contributed by atoms with van der Waals surface area (Å²) in [6, 6.07) is 0.155. The van der Waals surface area contributed by atoms with Gasteiger partial charge in [0.2, 0.25) is 5.91 Å². The van der Waals surface area contributed by atoms with Gasteiger partial charge in [-0.3, -0.25) is 4.79 Å². The standard InChI is InChI=1S/C14H30N2O/c1-7-10(2)8-11(3)16-13(17)9-12(15)14(4,5)6/h10-12H,7-9,15H2,1-6H3,(H,16,17). The topological polar surface area (TPSA) is 55.1 Å². The van der Waals surface area contributed by atoms with Gasteiger partial charge in [0.25, 0.3) is 0 Å². The van der Waals surface area contributed by atoms with Gasteiger partial charge in [-0.25, -0.2) is 0 Å². The van der Waals surface area contributed by atoms with Crippen molar-refractivity contribution in [1.82, 2.24) is 5.32 Å². The fourth-order valence-corrected chi connectivity index (χ4v) is 1.67. The first-order valence-corrected chi connectivity index (χ1v) is 6.71. The van der Waals surface area contributed by atoms with Crippen molar-refractivity contribution in [3.05, 3.63) is 0 Å². The summed E-state index contributed by atoms with van der Waals surface area (Å²) in [6.07, 6.45) is 2.60. The van der Waals surface area contributed by atoms with Gasteiger partial charge in [-0.1, -0.05) is 41.0 Å². The molecule has 1 amide bonds. The first-order chi connectivity index (χ1) is 7.66. The molecule has 3 nitrogen and oxygen atoms in total. The normalized spacial score (nSPS) is 17.4. The lowest BCUT2D eigenvalue weighted by Gasteiger charge is -2.27. The largest absolute Gasteiger partial charge is 0.354 e. The third-order valence-electron chi connectivity index (χ3n) is 3.38. The molecule has 3 unspecified atom stereocenters. The summed E-state index contributed by atoms with van der Waals surface area (Å²) in [4.78, 5) is 11.8. The molecular weight excluding hydrogens is 212 g/mol. The molecule has 0 heterocycles. The molecule has 3 atom stereocenters. The monoisotopic (exact) mass is 242 g/mol. The van der Waals surface area contributed by atoms with Gasteiger partial charge in [-0.2, -0.15) is 0 Å². The summed E-state index contributed by atoms with van der Waals surface area (Å²) >= 11 is 0. The number of rotatable bonds is 6. The van der Waals surface area contributed by atoms with Crippen molar-refractivity contribution in [2.75, 3.05) is 0 Å². The van der Waals surface area contributed by atoms with Crippen LogP contribution >= 0.6 is 0 Å². The van der Waals surface area contributed by atoms with E-state index in [1.54, 1.807) is 0 Å². The van der Waals surface area contributed by atoms with E-state index in [4.69, 9.17) is 5.73 Å². The second-order valence-corrected chi connectivity index (χ2v) is 6.39. The third-order valence-corrected chi connectivity index (χ3v) is 3.38. The van der Waals surface area contributed by atoms with E-state index < -0.39 is 0 Å². The molecule has 0 aliphatic rings. The van der Waals surface area contributed by atoms with E-state index in [9.17, 15) is 4.79 Å². The molecule has 0 saturated carbocycles. The van der Waals surface area contributed by atoms with E-state index in [-0.39, 0.29) is 23.4 Å². The summed E-state index contributed by atoms with van der Waals surface area (Å²) in [5.74, 6) is 0.727. The van der Waals surface area contributed by atoms with Crippen LogP contribution in [0.1, 0.15) is 60.8 Å². The predicted octanol–water partition coefficient (Wildman–Crippen LogP) is 2.69. The number of carbonyl (C=O) groups excluding carboxylic acids is 1. The molecule has 0 spiro atoms. The third kappa shape index (κ3) is 7.37. The second kappa shape index (κ2) is 7.00. The molecule has 102 valence electrons. The summed E-state index contributed by atoms with van der Waals surface area (Å²) < 4.78 is 0. The molecule has 0 rings (SSSR count). The molecule has 0 aliphatic heterocycles. The number of carbonyl (C=O) groups is 1. The summed E-state index contributed by atoms with van der Waals surface area (Å²) in [6.45, 7) is 12.6. The van der Waals surface area contributed by atoms with Crippen LogP contribution in [-0.2, 0) is 4.79 Å². The maximum atomic E-state index is 11.8. The van der Waals surface area contributed by atoms with Crippen molar-refractivity contribution in [3.63, 3.8) is 0 Å². The number of amides is 1. The average molecular weight is 242 g/mol. The summed E-state index contributed by atoms with van der Waals surface area (Å²) in [5.41, 5.74) is 5.98. The Balaban J connectivity index is 4.02. The Morgan fingerprint density at radius 3 is 2.24 bits per heavy atom. The Kier molecular flexibility index (Phi) is 6.76. The molecule has 0 radical (unpaired) electrons. The second-order valence-electron chi connectivity index (χ2n) is 6.39. The molecule has 3 N–H and O–H groups in total.